The highest BCUT2D eigenvalue weighted by molar-refractivity contribution is 7.97. The third-order valence-electron chi connectivity index (χ3n) is 9.17. The minimum absolute atomic E-state index is 0.0134. The molecule has 0 spiro atoms. The van der Waals surface area contributed by atoms with Crippen LogP contribution in [0.5, 0.6) is 17.2 Å². The van der Waals surface area contributed by atoms with Crippen LogP contribution in [0.1, 0.15) is 82.7 Å². The highest BCUT2D eigenvalue weighted by Crippen LogP contribution is 2.34. The predicted molar refractivity (Wildman–Crippen MR) is 290 cm³/mol. The second kappa shape index (κ2) is 56.6. The molecule has 1 unspecified atom stereocenters. The van der Waals surface area contributed by atoms with Gasteiger partial charge in [-0.3, -0.25) is 4.79 Å². The number of hydrogen-bond acceptors (Lipinski definition) is 17. The molecule has 1 amide bonds. The van der Waals surface area contributed by atoms with Crippen molar-refractivity contribution in [3.05, 3.63) is 52.1 Å². The zero-order chi connectivity index (χ0) is 55.2. The Balaban J connectivity index is -0.00000511. The molecule has 2 rings (SSSR count). The summed E-state index contributed by atoms with van der Waals surface area (Å²) in [6, 6.07) is 6.22. The molecule has 428 valence electrons. The van der Waals surface area contributed by atoms with Gasteiger partial charge in [0.25, 0.3) is 0 Å². The van der Waals surface area contributed by atoms with Crippen LogP contribution < -0.4 is 10.1 Å². The van der Waals surface area contributed by atoms with Gasteiger partial charge >= 0.3 is 5.97 Å². The topological polar surface area (TPSA) is 207 Å². The Morgan fingerprint density at radius 2 is 0.836 bits per heavy atom. The van der Waals surface area contributed by atoms with Crippen LogP contribution in [-0.4, -0.2) is 200 Å². The average molecular weight is 1070 g/mol. The van der Waals surface area contributed by atoms with Gasteiger partial charge in [0.05, 0.1) is 152 Å². The first-order chi connectivity index (χ1) is 35.6. The van der Waals surface area contributed by atoms with Crippen molar-refractivity contribution in [3.8, 4) is 17.2 Å². The van der Waals surface area contributed by atoms with E-state index in [9.17, 15) is 19.8 Å². The third kappa shape index (κ3) is 43.8. The van der Waals surface area contributed by atoms with E-state index in [2.05, 4.69) is 5.32 Å². The molecule has 0 bridgehead atoms. The molecule has 73 heavy (non-hydrogen) atoms. The minimum atomic E-state index is -1.13. The van der Waals surface area contributed by atoms with Gasteiger partial charge in [-0.05, 0) is 79.7 Å². The Hall–Kier alpha value is -3.15. The van der Waals surface area contributed by atoms with Crippen LogP contribution in [0.4, 0.5) is 0 Å². The number of nitrogens with one attached hydrogen (secondary N) is 1. The number of methoxy groups -OCH3 is 1. The number of rotatable bonds is 43. The summed E-state index contributed by atoms with van der Waals surface area (Å²) >= 11 is 1.75. The Labute approximate surface area is 444 Å². The van der Waals surface area contributed by atoms with Gasteiger partial charge in [-0.1, -0.05) is 60.6 Å². The minimum Gasteiger partial charge on any atom is -0.507 e. The van der Waals surface area contributed by atoms with Gasteiger partial charge in [-0.25, -0.2) is 4.79 Å². The smallest absolute Gasteiger partial charge is 0.326 e. The van der Waals surface area contributed by atoms with Crippen LogP contribution in [0.15, 0.2) is 24.3 Å². The number of aromatic hydroxyl groups is 1. The standard InChI is InChI=1S/C46H75NO17.C2H6S.3C2H6/c1-6-40-35-41(33-36(2)44(40)49)64-45-37(3)31-39(32-38(45)4)34-42(46(50)51)47-43(48)7-8-53-11-12-55-15-16-57-19-20-59-23-24-61-27-28-63-30-29-62-26-25-60-22-21-58-18-17-56-14-13-54-10-9-52-5;1-3-2;3*1-2/h31-33,35,42,49H,6-30,34H2,1-5H3,(H,47,48)(H,50,51);1-2H3;3*1-2H3. The molecule has 18 nitrogen and oxygen atoms in total. The van der Waals surface area contributed by atoms with E-state index in [-0.39, 0.29) is 31.8 Å². The van der Waals surface area contributed by atoms with E-state index in [1.165, 1.54) is 0 Å². The molecule has 19 heteroatoms. The van der Waals surface area contributed by atoms with Crippen LogP contribution in [-0.2, 0) is 79.3 Å². The summed E-state index contributed by atoms with van der Waals surface area (Å²) in [6.07, 6.45) is 4.87. The first-order valence-corrected chi connectivity index (χ1v) is 27.6. The highest BCUT2D eigenvalue weighted by Gasteiger charge is 2.22. The highest BCUT2D eigenvalue weighted by atomic mass is 32.2. The largest absolute Gasteiger partial charge is 0.507 e. The molecule has 3 N–H and O–H groups in total. The fourth-order valence-corrected chi connectivity index (χ4v) is 5.89. The lowest BCUT2D eigenvalue weighted by Crippen LogP contribution is -2.42. The van der Waals surface area contributed by atoms with Crippen LogP contribution in [0.2, 0.25) is 0 Å². The Kier molecular flexibility index (Phi) is 57.4. The zero-order valence-electron chi connectivity index (χ0n) is 47.2. The zero-order valence-corrected chi connectivity index (χ0v) is 48.0. The lowest BCUT2D eigenvalue weighted by atomic mass is 9.99. The fraction of sp³-hybridized carbons (Fsp3) is 0.741. The molecule has 0 radical (unpaired) electrons. The number of amides is 1. The normalized spacial score (nSPS) is 10.9. The van der Waals surface area contributed by atoms with Gasteiger partial charge in [0.15, 0.2) is 0 Å². The quantitative estimate of drug-likeness (QED) is 0.0537. The number of thioether (sulfide) groups is 1. The number of carbonyl (C=O) groups is 2. The number of carboxylic acid groups (broad SMARTS) is 1. The Morgan fingerprint density at radius 3 is 1.14 bits per heavy atom. The maximum atomic E-state index is 12.5. The molecule has 0 heterocycles. The van der Waals surface area contributed by atoms with Gasteiger partial charge < -0.3 is 77.1 Å². The summed E-state index contributed by atoms with van der Waals surface area (Å²) in [5.74, 6) is -0.00278. The van der Waals surface area contributed by atoms with Crippen molar-refractivity contribution in [3.63, 3.8) is 0 Å². The summed E-state index contributed by atoms with van der Waals surface area (Å²) in [6.45, 7) is 30.0. The Morgan fingerprint density at radius 1 is 0.521 bits per heavy atom. The van der Waals surface area contributed by atoms with Gasteiger partial charge in [0, 0.05) is 20.0 Å². The van der Waals surface area contributed by atoms with Gasteiger partial charge in [-0.2, -0.15) is 11.8 Å². The number of carboxylic acids is 1. The molecule has 2 aromatic rings. The molecule has 0 aliphatic rings. The molecule has 0 saturated heterocycles. The number of carbonyl (C=O) groups excluding carboxylic acids is 1. The van der Waals surface area contributed by atoms with E-state index in [0.29, 0.717) is 157 Å². The maximum absolute atomic E-state index is 12.5. The number of aliphatic carboxylic acids is 1. The van der Waals surface area contributed by atoms with Crippen LogP contribution in [0, 0.1) is 20.8 Å². The molecule has 0 aromatic heterocycles. The summed E-state index contributed by atoms with van der Waals surface area (Å²) in [5, 5.41) is 22.7. The summed E-state index contributed by atoms with van der Waals surface area (Å²) in [7, 11) is 1.64. The molecule has 0 saturated carbocycles. The molecule has 2 aromatic carbocycles. The fourth-order valence-electron chi connectivity index (χ4n) is 5.89. The lowest BCUT2D eigenvalue weighted by molar-refractivity contribution is -0.142. The molecule has 0 fully saturated rings. The molecular formula is C54H99NO17S. The van der Waals surface area contributed by atoms with E-state index < -0.39 is 17.9 Å². The third-order valence-corrected chi connectivity index (χ3v) is 9.17. The molecule has 1 atom stereocenters. The van der Waals surface area contributed by atoms with Crippen molar-refractivity contribution in [2.45, 2.75) is 94.5 Å². The number of aryl methyl sites for hydroxylation is 4. The van der Waals surface area contributed by atoms with Gasteiger partial charge in [0.1, 0.15) is 23.3 Å². The number of hydrogen-bond donors (Lipinski definition) is 3. The summed E-state index contributed by atoms with van der Waals surface area (Å²) in [4.78, 5) is 24.6. The SMILES string of the molecule is CC.CC.CC.CCc1cc(Oc2c(C)cc(CC(NC(=O)CCOCCOCCOCCOCCOCCOCCOCCOCCOCCOCCOCCOC)C(=O)O)cc2C)cc(C)c1O.CSC. The van der Waals surface area contributed by atoms with E-state index in [0.717, 1.165) is 27.8 Å². The average Bonchev–Trinajstić information content (AvgIpc) is 3.39. The van der Waals surface area contributed by atoms with E-state index in [1.807, 2.05) is 99.9 Å². The van der Waals surface area contributed by atoms with Crippen molar-refractivity contribution in [1.82, 2.24) is 5.32 Å². The lowest BCUT2D eigenvalue weighted by Gasteiger charge is -2.18. The maximum Gasteiger partial charge on any atom is 0.326 e. The number of phenolic OH excluding ortho intramolecular Hbond substituents is 1. The number of ether oxygens (including phenoxy) is 13. The summed E-state index contributed by atoms with van der Waals surface area (Å²) < 4.78 is 71.2. The van der Waals surface area contributed by atoms with E-state index >= 15 is 0 Å². The molecular weight excluding hydrogens is 967 g/mol. The van der Waals surface area contributed by atoms with Gasteiger partial charge in [-0.15, -0.1) is 0 Å². The second-order valence-corrected chi connectivity index (χ2v) is 15.6. The number of benzene rings is 2. The van der Waals surface area contributed by atoms with Crippen molar-refractivity contribution in [2.24, 2.45) is 0 Å². The van der Waals surface area contributed by atoms with E-state index in [4.69, 9.17) is 61.6 Å². The van der Waals surface area contributed by atoms with E-state index in [1.54, 1.807) is 24.9 Å². The number of phenols is 1. The van der Waals surface area contributed by atoms with Crippen molar-refractivity contribution >= 4 is 23.6 Å². The van der Waals surface area contributed by atoms with Crippen molar-refractivity contribution in [2.75, 3.05) is 172 Å². The second-order valence-electron chi connectivity index (χ2n) is 14.8. The van der Waals surface area contributed by atoms with Crippen LogP contribution in [0.3, 0.4) is 0 Å². The first-order valence-electron chi connectivity index (χ1n) is 25.9. The van der Waals surface area contributed by atoms with Crippen LogP contribution >= 0.6 is 11.8 Å². The van der Waals surface area contributed by atoms with Crippen LogP contribution in [0.25, 0.3) is 0 Å². The van der Waals surface area contributed by atoms with Crippen molar-refractivity contribution < 1.29 is 81.4 Å². The molecule has 0 aliphatic heterocycles. The predicted octanol–water partition coefficient (Wildman–Crippen LogP) is 8.06. The Bertz CT molecular complexity index is 1520. The monoisotopic (exact) mass is 1070 g/mol. The van der Waals surface area contributed by atoms with Gasteiger partial charge in [0.2, 0.25) is 5.91 Å². The summed E-state index contributed by atoms with van der Waals surface area (Å²) in [5.41, 5.74) is 3.93. The first kappa shape index (κ1) is 74.1. The van der Waals surface area contributed by atoms with Crippen molar-refractivity contribution in [1.29, 1.82) is 0 Å². The molecule has 0 aliphatic carbocycles.